The fourth-order valence-corrected chi connectivity index (χ4v) is 6.17. The first-order valence-electron chi connectivity index (χ1n) is 17.3. The van der Waals surface area contributed by atoms with Crippen molar-refractivity contribution < 1.29 is 29.0 Å². The summed E-state index contributed by atoms with van der Waals surface area (Å²) in [5, 5.41) is 16.2. The van der Waals surface area contributed by atoms with Gasteiger partial charge in [-0.3, -0.25) is 9.59 Å². The number of ether oxygens (including phenoxy) is 2. The molecule has 4 amide bonds. The summed E-state index contributed by atoms with van der Waals surface area (Å²) < 4.78 is 12.7. The second kappa shape index (κ2) is 19.1. The molecule has 11 nitrogen and oxygen atoms in total. The van der Waals surface area contributed by atoms with Gasteiger partial charge >= 0.3 is 6.03 Å². The first-order chi connectivity index (χ1) is 22.0. The molecule has 1 aliphatic carbocycles. The molecule has 1 aromatic rings. The Morgan fingerprint density at radius 3 is 2.48 bits per heavy atom. The van der Waals surface area contributed by atoms with Crippen molar-refractivity contribution in [3.8, 4) is 5.75 Å². The number of anilines is 1. The number of nitrogens with zero attached hydrogens (tertiary/aromatic N) is 3. The Bertz CT molecular complexity index is 1110. The Hall–Kier alpha value is -2.89. The molecule has 3 rings (SSSR count). The normalized spacial score (nSPS) is 22.7. The lowest BCUT2D eigenvalue weighted by Crippen LogP contribution is -2.48. The van der Waals surface area contributed by atoms with Gasteiger partial charge in [0.1, 0.15) is 5.75 Å². The summed E-state index contributed by atoms with van der Waals surface area (Å²) in [6, 6.07) is 4.57. The van der Waals surface area contributed by atoms with E-state index in [1.54, 1.807) is 28.0 Å². The lowest BCUT2D eigenvalue weighted by molar-refractivity contribution is -0.132. The molecule has 0 bridgehead atoms. The van der Waals surface area contributed by atoms with Gasteiger partial charge in [0.25, 0.3) is 5.91 Å². The predicted molar refractivity (Wildman–Crippen MR) is 181 cm³/mol. The van der Waals surface area contributed by atoms with E-state index in [9.17, 15) is 19.5 Å². The van der Waals surface area contributed by atoms with Crippen molar-refractivity contribution in [3.05, 3.63) is 23.8 Å². The number of rotatable bonds is 10. The van der Waals surface area contributed by atoms with Gasteiger partial charge in [-0.15, -0.1) is 0 Å². The number of carbonyl (C=O) groups is 3. The van der Waals surface area contributed by atoms with Crippen LogP contribution in [0.1, 0.15) is 95.3 Å². The van der Waals surface area contributed by atoms with E-state index >= 15 is 0 Å². The molecule has 0 saturated heterocycles. The van der Waals surface area contributed by atoms with Crippen LogP contribution >= 0.6 is 0 Å². The summed E-state index contributed by atoms with van der Waals surface area (Å²) in [4.78, 5) is 45.6. The summed E-state index contributed by atoms with van der Waals surface area (Å²) in [7, 11) is 5.81. The van der Waals surface area contributed by atoms with E-state index in [1.807, 2.05) is 41.9 Å². The number of hydrogen-bond donors (Lipinski definition) is 3. The minimum absolute atomic E-state index is 0.0705. The number of urea groups is 1. The van der Waals surface area contributed by atoms with Gasteiger partial charge in [0.15, 0.2) is 0 Å². The smallest absolute Gasteiger partial charge is 0.319 e. The zero-order valence-corrected chi connectivity index (χ0v) is 29.1. The van der Waals surface area contributed by atoms with Crippen LogP contribution in [0, 0.1) is 5.92 Å². The fourth-order valence-electron chi connectivity index (χ4n) is 6.17. The molecule has 0 radical (unpaired) electrons. The summed E-state index contributed by atoms with van der Waals surface area (Å²) in [5.74, 6) is 0.0901. The summed E-state index contributed by atoms with van der Waals surface area (Å²) in [6.07, 6.45) is 8.69. The Morgan fingerprint density at radius 2 is 1.78 bits per heavy atom. The van der Waals surface area contributed by atoms with Crippen molar-refractivity contribution >= 4 is 23.5 Å². The van der Waals surface area contributed by atoms with Crippen LogP contribution in [-0.4, -0.2) is 116 Å². The molecule has 4 atom stereocenters. The van der Waals surface area contributed by atoms with E-state index in [4.69, 9.17) is 9.47 Å². The third kappa shape index (κ3) is 12.0. The molecule has 2 aliphatic rings. The fraction of sp³-hybridized carbons (Fsp3) is 0.743. The molecule has 1 aromatic carbocycles. The molecule has 0 unspecified atom stereocenters. The van der Waals surface area contributed by atoms with E-state index in [-0.39, 0.29) is 48.6 Å². The number of carbonyl (C=O) groups excluding carboxylic acids is 3. The molecule has 260 valence electrons. The topological polar surface area (TPSA) is 124 Å². The maximum atomic E-state index is 14.3. The van der Waals surface area contributed by atoms with Crippen molar-refractivity contribution in [1.29, 1.82) is 0 Å². The number of fused-ring (bicyclic) bond motifs is 1. The number of aliphatic hydroxyl groups excluding tert-OH is 1. The van der Waals surface area contributed by atoms with Crippen LogP contribution in [0.5, 0.6) is 5.75 Å². The van der Waals surface area contributed by atoms with Crippen LogP contribution in [-0.2, 0) is 9.53 Å². The van der Waals surface area contributed by atoms with Gasteiger partial charge in [0.2, 0.25) is 5.91 Å². The van der Waals surface area contributed by atoms with E-state index in [0.29, 0.717) is 43.1 Å². The SMILES string of the molecule is C[C@H]1CCCCO[C@H](CN(C)C(=O)CCCN(C)C)[C@@H](C)CN([C@@H](C)CO)C(=O)c2cc(NC(=O)NC3CCCCC3)ccc2O1. The number of nitrogens with one attached hydrogen (secondary N) is 2. The summed E-state index contributed by atoms with van der Waals surface area (Å²) in [6.45, 7) is 7.72. The standard InChI is InChI=1S/C35H59N5O6/c1-25-22-40(26(2)24-41)34(43)30-21-29(37-35(44)36-28-14-8-7-9-15-28)17-18-31(30)46-27(3)13-10-11-20-45-32(25)23-39(6)33(42)16-12-19-38(4)5/h17-18,21,25-28,32,41H,7-16,19-20,22-24H2,1-6H3,(H2,36,37,44)/t25-,26-,27-,32+/m0/s1. The van der Waals surface area contributed by atoms with E-state index in [2.05, 4.69) is 15.5 Å². The maximum absolute atomic E-state index is 14.3. The quantitative estimate of drug-likeness (QED) is 0.336. The molecule has 3 N–H and O–H groups in total. The first kappa shape index (κ1) is 37.6. The average Bonchev–Trinajstić information content (AvgIpc) is 3.02. The van der Waals surface area contributed by atoms with Gasteiger partial charge in [0.05, 0.1) is 30.4 Å². The molecule has 46 heavy (non-hydrogen) atoms. The molecule has 1 aliphatic heterocycles. The highest BCUT2D eigenvalue weighted by molar-refractivity contribution is 5.99. The molecular weight excluding hydrogens is 586 g/mol. The lowest BCUT2D eigenvalue weighted by Gasteiger charge is -2.36. The molecule has 11 heteroatoms. The van der Waals surface area contributed by atoms with Crippen LogP contribution in [0.4, 0.5) is 10.5 Å². The third-order valence-electron chi connectivity index (χ3n) is 9.13. The summed E-state index contributed by atoms with van der Waals surface area (Å²) >= 11 is 0. The van der Waals surface area contributed by atoms with Crippen molar-refractivity contribution in [2.45, 2.75) is 109 Å². The van der Waals surface area contributed by atoms with Gasteiger partial charge in [-0.1, -0.05) is 26.2 Å². The second-order valence-electron chi connectivity index (χ2n) is 13.6. The highest BCUT2D eigenvalue weighted by atomic mass is 16.5. The van der Waals surface area contributed by atoms with Crippen LogP contribution in [0.15, 0.2) is 18.2 Å². The number of benzene rings is 1. The maximum Gasteiger partial charge on any atom is 0.319 e. The third-order valence-corrected chi connectivity index (χ3v) is 9.13. The van der Waals surface area contributed by atoms with E-state index < -0.39 is 6.04 Å². The van der Waals surface area contributed by atoms with Crippen molar-refractivity contribution in [1.82, 2.24) is 20.0 Å². The molecule has 0 spiro atoms. The van der Waals surface area contributed by atoms with Crippen LogP contribution in [0.3, 0.4) is 0 Å². The van der Waals surface area contributed by atoms with Gasteiger partial charge in [0, 0.05) is 50.8 Å². The Labute approximate surface area is 276 Å². The van der Waals surface area contributed by atoms with Gasteiger partial charge < -0.3 is 39.9 Å². The van der Waals surface area contributed by atoms with Crippen LogP contribution in [0.2, 0.25) is 0 Å². The number of likely N-dealkylation sites (N-methyl/N-ethyl adjacent to an activating group) is 1. The molecule has 1 fully saturated rings. The van der Waals surface area contributed by atoms with E-state index in [0.717, 1.165) is 57.9 Å². The van der Waals surface area contributed by atoms with Crippen molar-refractivity contribution in [3.63, 3.8) is 0 Å². The number of aliphatic hydroxyl groups is 1. The highest BCUT2D eigenvalue weighted by Crippen LogP contribution is 2.29. The Kier molecular flexibility index (Phi) is 15.6. The van der Waals surface area contributed by atoms with Crippen molar-refractivity contribution in [2.75, 3.05) is 59.3 Å². The lowest BCUT2D eigenvalue weighted by atomic mass is 9.96. The zero-order valence-electron chi connectivity index (χ0n) is 29.1. The Morgan fingerprint density at radius 1 is 1.07 bits per heavy atom. The van der Waals surface area contributed by atoms with Crippen molar-refractivity contribution in [2.24, 2.45) is 5.92 Å². The van der Waals surface area contributed by atoms with Gasteiger partial charge in [-0.2, -0.15) is 0 Å². The molecule has 1 heterocycles. The average molecular weight is 646 g/mol. The predicted octanol–water partition coefficient (Wildman–Crippen LogP) is 4.74. The van der Waals surface area contributed by atoms with Crippen LogP contribution < -0.4 is 15.4 Å². The number of hydrogen-bond acceptors (Lipinski definition) is 7. The largest absolute Gasteiger partial charge is 0.490 e. The number of amides is 4. The summed E-state index contributed by atoms with van der Waals surface area (Å²) in [5.41, 5.74) is 0.829. The minimum Gasteiger partial charge on any atom is -0.490 e. The minimum atomic E-state index is -0.481. The van der Waals surface area contributed by atoms with Gasteiger partial charge in [-0.05, 0) is 91.2 Å². The monoisotopic (exact) mass is 645 g/mol. The zero-order chi connectivity index (χ0) is 33.6. The molecule has 0 aromatic heterocycles. The van der Waals surface area contributed by atoms with Crippen LogP contribution in [0.25, 0.3) is 0 Å². The molecule has 1 saturated carbocycles. The Balaban J connectivity index is 1.84. The van der Waals surface area contributed by atoms with Gasteiger partial charge in [-0.25, -0.2) is 4.79 Å². The first-order valence-corrected chi connectivity index (χ1v) is 17.3. The van der Waals surface area contributed by atoms with E-state index in [1.165, 1.54) is 6.42 Å². The highest BCUT2D eigenvalue weighted by Gasteiger charge is 2.31. The second-order valence-corrected chi connectivity index (χ2v) is 13.6. The molecular formula is C35H59N5O6.